The van der Waals surface area contributed by atoms with Crippen molar-refractivity contribution in [2.45, 2.75) is 70.2 Å². The van der Waals surface area contributed by atoms with Crippen LogP contribution in [0.4, 0.5) is 29.2 Å². The number of pyridine rings is 1. The quantitative estimate of drug-likeness (QED) is 0.278. The second-order valence-corrected chi connectivity index (χ2v) is 11.2. The first-order valence-electron chi connectivity index (χ1n) is 13.4. The molecule has 222 valence electrons. The molecule has 0 aliphatic heterocycles. The van der Waals surface area contributed by atoms with Gasteiger partial charge in [0.1, 0.15) is 17.5 Å². The summed E-state index contributed by atoms with van der Waals surface area (Å²) in [6.07, 6.45) is 4.01. The molecule has 2 fully saturated rings. The first-order chi connectivity index (χ1) is 19.0. The molecule has 0 bridgehead atoms. The number of alkyl halides is 1. The topological polar surface area (TPSA) is 92.1 Å². The third-order valence-corrected chi connectivity index (χ3v) is 7.80. The number of carbonyl (C=O) groups is 1. The normalized spacial score (nSPS) is 22.1. The number of halogens is 5. The molecule has 0 spiro atoms. The third-order valence-electron chi connectivity index (χ3n) is 7.80. The molecule has 2 atom stereocenters. The van der Waals surface area contributed by atoms with Crippen LogP contribution in [-0.2, 0) is 4.79 Å². The predicted molar refractivity (Wildman–Crippen MR) is 152 cm³/mol. The van der Waals surface area contributed by atoms with E-state index in [9.17, 15) is 22.8 Å². The summed E-state index contributed by atoms with van der Waals surface area (Å²) in [6, 6.07) is 2.25. The highest BCUT2D eigenvalue weighted by atomic mass is 35.5. The van der Waals surface area contributed by atoms with E-state index in [0.29, 0.717) is 29.1 Å². The van der Waals surface area contributed by atoms with E-state index in [-0.39, 0.29) is 30.4 Å². The lowest BCUT2D eigenvalue weighted by Crippen LogP contribution is -2.36. The molecule has 2 heterocycles. The number of benzene rings is 1. The minimum atomic E-state index is -1.67. The van der Waals surface area contributed by atoms with E-state index in [1.807, 2.05) is 5.32 Å². The van der Waals surface area contributed by atoms with Crippen molar-refractivity contribution in [3.63, 3.8) is 0 Å². The Hall–Kier alpha value is -3.25. The Bertz CT molecular complexity index is 1520. The molecular weight excluding hydrogens is 564 g/mol. The van der Waals surface area contributed by atoms with E-state index in [2.05, 4.69) is 34.3 Å². The summed E-state index contributed by atoms with van der Waals surface area (Å²) in [4.78, 5) is 36.7. The van der Waals surface area contributed by atoms with Gasteiger partial charge in [0.2, 0.25) is 11.9 Å². The van der Waals surface area contributed by atoms with E-state index < -0.39 is 58.3 Å². The zero-order valence-corrected chi connectivity index (χ0v) is 24.0. The highest BCUT2D eigenvalue weighted by Gasteiger charge is 2.44. The van der Waals surface area contributed by atoms with Gasteiger partial charge in [-0.1, -0.05) is 0 Å². The fourth-order valence-electron chi connectivity index (χ4n) is 5.34. The van der Waals surface area contributed by atoms with Crippen molar-refractivity contribution in [1.29, 1.82) is 0 Å². The number of hydrogen-bond acceptors (Lipinski definition) is 6. The summed E-state index contributed by atoms with van der Waals surface area (Å²) in [5.74, 6) is -6.06. The summed E-state index contributed by atoms with van der Waals surface area (Å²) >= 11 is 0. The predicted octanol–water partition coefficient (Wildman–Crippen LogP) is 5.46. The van der Waals surface area contributed by atoms with Crippen LogP contribution in [0.15, 0.2) is 23.1 Å². The van der Waals surface area contributed by atoms with Crippen molar-refractivity contribution >= 4 is 41.0 Å². The van der Waals surface area contributed by atoms with Crippen LogP contribution >= 0.6 is 12.4 Å². The Morgan fingerprint density at radius 3 is 2.32 bits per heavy atom. The number of nitrogens with one attached hydrogen (secondary N) is 2. The third kappa shape index (κ3) is 6.04. The molecule has 1 amide bonds. The molecule has 2 aromatic heterocycles. The molecule has 2 saturated carbocycles. The van der Waals surface area contributed by atoms with Crippen LogP contribution < -0.4 is 16.2 Å². The number of carbonyl (C=O) groups excluding carboxylic acids is 1. The Balaban J connectivity index is 0.00000387. The van der Waals surface area contributed by atoms with Gasteiger partial charge >= 0.3 is 0 Å². The first-order valence-corrected chi connectivity index (χ1v) is 13.4. The van der Waals surface area contributed by atoms with Crippen molar-refractivity contribution in [2.75, 3.05) is 24.7 Å². The molecule has 5 rings (SSSR count). The number of amides is 1. The van der Waals surface area contributed by atoms with Crippen LogP contribution in [0.5, 0.6) is 0 Å². The van der Waals surface area contributed by atoms with E-state index in [1.54, 1.807) is 13.8 Å². The lowest BCUT2D eigenvalue weighted by molar-refractivity contribution is -0.117. The molecule has 2 aliphatic carbocycles. The lowest BCUT2D eigenvalue weighted by atomic mass is 9.91. The second kappa shape index (κ2) is 11.9. The van der Waals surface area contributed by atoms with Crippen LogP contribution in [-0.4, -0.2) is 57.7 Å². The van der Waals surface area contributed by atoms with Gasteiger partial charge < -0.3 is 15.5 Å². The minimum Gasteiger partial charge on any atom is -0.351 e. The molecule has 0 saturated heterocycles. The van der Waals surface area contributed by atoms with E-state index in [1.165, 1.54) is 16.8 Å². The van der Waals surface area contributed by atoms with Gasteiger partial charge in [-0.25, -0.2) is 22.5 Å². The minimum absolute atomic E-state index is 0. The van der Waals surface area contributed by atoms with Crippen molar-refractivity contribution in [2.24, 2.45) is 5.92 Å². The number of aromatic nitrogens is 3. The van der Waals surface area contributed by atoms with Crippen LogP contribution in [0.3, 0.4) is 0 Å². The maximum absolute atomic E-state index is 15.2. The first kappa shape index (κ1) is 30.7. The molecule has 1 aromatic carbocycles. The molecular formula is C28H33ClF4N6O2. The molecule has 2 aliphatic rings. The Morgan fingerprint density at radius 1 is 1.07 bits per heavy atom. The highest BCUT2D eigenvalue weighted by Crippen LogP contribution is 2.37. The van der Waals surface area contributed by atoms with Crippen LogP contribution in [0.25, 0.3) is 22.2 Å². The monoisotopic (exact) mass is 596 g/mol. The fraction of sp³-hybridized carbons (Fsp3) is 0.500. The Labute approximate surface area is 240 Å². The van der Waals surface area contributed by atoms with Crippen molar-refractivity contribution < 1.29 is 22.4 Å². The lowest BCUT2D eigenvalue weighted by Gasteiger charge is -2.33. The number of hydrogen-bond donors (Lipinski definition) is 2. The van der Waals surface area contributed by atoms with Gasteiger partial charge in [0, 0.05) is 35.3 Å². The average Bonchev–Trinajstić information content (AvgIpc) is 3.65. The largest absolute Gasteiger partial charge is 0.351 e. The fourth-order valence-corrected chi connectivity index (χ4v) is 5.34. The molecule has 8 nitrogen and oxygen atoms in total. The van der Waals surface area contributed by atoms with Crippen LogP contribution in [0, 0.1) is 23.4 Å². The molecule has 13 heteroatoms. The Morgan fingerprint density at radius 2 is 1.73 bits per heavy atom. The summed E-state index contributed by atoms with van der Waals surface area (Å²) in [5.41, 5.74) is -2.30. The van der Waals surface area contributed by atoms with E-state index >= 15 is 4.39 Å². The summed E-state index contributed by atoms with van der Waals surface area (Å²) in [5, 5.41) is 5.66. The zero-order chi connectivity index (χ0) is 28.9. The summed E-state index contributed by atoms with van der Waals surface area (Å²) in [7, 11) is 4.14. The van der Waals surface area contributed by atoms with Gasteiger partial charge in [0.25, 0.3) is 5.56 Å². The van der Waals surface area contributed by atoms with E-state index in [0.717, 1.165) is 25.7 Å². The standard InChI is InChI=1S/C28H32F4N6O2.ClH/c1-13(2)38-25-14(12-33-28(36-25)34-15-5-7-16(8-6-15)37(3)4)9-18(27(38)40)17-10-21(30)24(23(32)22(17)31)35-26(39)19-11-20(19)29;/h9-10,12-13,15-16,19-20H,5-8,11H2,1-4H3,(H,35,39)(H,33,34,36);1H/t15?,16?,19-,20+;/m0./s1. The number of fused-ring (bicyclic) bond motifs is 1. The smallest absolute Gasteiger partial charge is 0.260 e. The maximum Gasteiger partial charge on any atom is 0.260 e. The van der Waals surface area contributed by atoms with Crippen molar-refractivity contribution in [1.82, 2.24) is 19.4 Å². The molecule has 2 N–H and O–H groups in total. The van der Waals surface area contributed by atoms with Gasteiger partial charge in [-0.3, -0.25) is 14.2 Å². The summed E-state index contributed by atoms with van der Waals surface area (Å²) in [6.45, 7) is 3.49. The zero-order valence-electron chi connectivity index (χ0n) is 23.2. The van der Waals surface area contributed by atoms with Gasteiger partial charge in [0.05, 0.1) is 11.5 Å². The van der Waals surface area contributed by atoms with Crippen LogP contribution in [0.1, 0.15) is 52.0 Å². The van der Waals surface area contributed by atoms with E-state index in [4.69, 9.17) is 0 Å². The van der Waals surface area contributed by atoms with Gasteiger partial charge in [0.15, 0.2) is 17.5 Å². The van der Waals surface area contributed by atoms with Gasteiger partial charge in [-0.05, 0) is 72.2 Å². The van der Waals surface area contributed by atoms with Crippen molar-refractivity contribution in [3.8, 4) is 11.1 Å². The summed E-state index contributed by atoms with van der Waals surface area (Å²) < 4.78 is 59.6. The number of nitrogens with zero attached hydrogens (tertiary/aromatic N) is 4. The molecule has 0 radical (unpaired) electrons. The SMILES string of the molecule is CC(C)n1c(=O)c(-c2cc(F)c(NC(=O)[C@H]3C[C@H]3F)c(F)c2F)cc2cnc(NC3CCC(N(C)C)CC3)nc21.Cl. The molecule has 3 aromatic rings. The van der Waals surface area contributed by atoms with Crippen molar-refractivity contribution in [3.05, 3.63) is 46.1 Å². The average molecular weight is 597 g/mol. The molecule has 41 heavy (non-hydrogen) atoms. The Kier molecular flexibility index (Phi) is 8.93. The maximum atomic E-state index is 15.2. The number of anilines is 2. The van der Waals surface area contributed by atoms with Crippen LogP contribution in [0.2, 0.25) is 0 Å². The van der Waals surface area contributed by atoms with Gasteiger partial charge in [-0.15, -0.1) is 12.4 Å². The molecule has 0 unspecified atom stereocenters. The highest BCUT2D eigenvalue weighted by molar-refractivity contribution is 5.95. The number of rotatable bonds is 7. The second-order valence-electron chi connectivity index (χ2n) is 11.2. The van der Waals surface area contributed by atoms with Gasteiger partial charge in [-0.2, -0.15) is 4.98 Å².